The fourth-order valence-corrected chi connectivity index (χ4v) is 1.08. The van der Waals surface area contributed by atoms with Crippen LogP contribution in [0.5, 0.6) is 0 Å². The third-order valence-electron chi connectivity index (χ3n) is 2.02. The molecule has 0 rings (SSSR count). The van der Waals surface area contributed by atoms with Gasteiger partial charge in [0.25, 0.3) is 0 Å². The van der Waals surface area contributed by atoms with Crippen LogP contribution in [0.3, 0.4) is 0 Å². The van der Waals surface area contributed by atoms with Crippen LogP contribution in [-0.4, -0.2) is 23.4 Å². The van der Waals surface area contributed by atoms with Crippen LogP contribution in [0, 0.1) is 0 Å². The Morgan fingerprint density at radius 3 is 1.06 bits per heavy atom. The van der Waals surface area contributed by atoms with E-state index in [2.05, 4.69) is 13.8 Å². The van der Waals surface area contributed by atoms with E-state index in [-0.39, 0.29) is 55.7 Å². The summed E-state index contributed by atoms with van der Waals surface area (Å²) in [7, 11) is 0. The van der Waals surface area contributed by atoms with Crippen LogP contribution in [0.4, 0.5) is 0 Å². The fourth-order valence-electron chi connectivity index (χ4n) is 1.08. The van der Waals surface area contributed by atoms with Crippen molar-refractivity contribution in [1.29, 1.82) is 0 Å². The van der Waals surface area contributed by atoms with Gasteiger partial charge in [0.15, 0.2) is 0 Å². The first-order valence-electron chi connectivity index (χ1n) is 6.05. The quantitative estimate of drug-likeness (QED) is 0.460. The van der Waals surface area contributed by atoms with E-state index in [1.807, 2.05) is 0 Å². The van der Waals surface area contributed by atoms with Crippen LogP contribution in [0.15, 0.2) is 0 Å². The molecule has 5 heteroatoms. The van der Waals surface area contributed by atoms with Crippen molar-refractivity contribution in [3.05, 3.63) is 0 Å². The molecule has 2 nitrogen and oxygen atoms in total. The van der Waals surface area contributed by atoms with E-state index in [9.17, 15) is 0 Å². The Bertz CT molecular complexity index is 70.9. The van der Waals surface area contributed by atoms with Crippen molar-refractivity contribution in [1.82, 2.24) is 0 Å². The topological polar surface area (TPSA) is 40.5 Å². The molecule has 0 aromatic carbocycles. The van der Waals surface area contributed by atoms with Crippen LogP contribution >= 0.6 is 34.0 Å². The molecule has 17 heavy (non-hydrogen) atoms. The van der Waals surface area contributed by atoms with E-state index in [4.69, 9.17) is 10.2 Å². The number of hydrogen-bond acceptors (Lipinski definition) is 2. The Hall–Kier alpha value is 1.59. The predicted molar refractivity (Wildman–Crippen MR) is 83.1 cm³/mol. The number of halogens is 2. The number of hydrogen-bond donors (Lipinski definition) is 2. The Kier molecular flexibility index (Phi) is 66.0. The normalized spacial score (nSPS) is 7.76. The zero-order valence-electron chi connectivity index (χ0n) is 11.3. The molecule has 0 saturated carbocycles. The summed E-state index contributed by atoms with van der Waals surface area (Å²) in [5.41, 5.74) is 0. The van der Waals surface area contributed by atoms with Crippen LogP contribution in [0.1, 0.15) is 65.2 Å². The zero-order chi connectivity index (χ0) is 11.1. The molecule has 0 aliphatic carbocycles. The van der Waals surface area contributed by atoms with Gasteiger partial charge in [-0.25, -0.2) is 0 Å². The van der Waals surface area contributed by atoms with Crippen LogP contribution in [-0.2, 0) is 21.7 Å². The molecule has 0 fully saturated rings. The smallest absolute Gasteiger partial charge is 0.0431 e. The van der Waals surface area contributed by atoms with Gasteiger partial charge < -0.3 is 10.2 Å². The molecule has 0 aromatic rings. The standard InChI is InChI=1S/2C6H14O.2BrH.Ti/c2*1-2-3-4-5-6-7;;;/h2*7H,2-6H2,1H3;2*1H;. The Morgan fingerprint density at radius 1 is 0.588 bits per heavy atom. The van der Waals surface area contributed by atoms with E-state index in [1.165, 1.54) is 38.5 Å². The maximum absolute atomic E-state index is 8.29. The van der Waals surface area contributed by atoms with Gasteiger partial charge in [-0.15, -0.1) is 34.0 Å². The first-order chi connectivity index (χ1) is 6.83. The molecule has 0 atom stereocenters. The summed E-state index contributed by atoms with van der Waals surface area (Å²) in [6, 6.07) is 0. The minimum Gasteiger partial charge on any atom is -0.396 e. The molecule has 0 unspecified atom stereocenters. The van der Waals surface area contributed by atoms with Gasteiger partial charge in [-0.3, -0.25) is 0 Å². The van der Waals surface area contributed by atoms with Gasteiger partial charge in [0.2, 0.25) is 0 Å². The summed E-state index contributed by atoms with van der Waals surface area (Å²) in [5, 5.41) is 16.6. The second kappa shape index (κ2) is 36.0. The van der Waals surface area contributed by atoms with Crippen molar-refractivity contribution >= 4 is 34.0 Å². The third-order valence-corrected chi connectivity index (χ3v) is 2.02. The van der Waals surface area contributed by atoms with Crippen molar-refractivity contribution in [3.63, 3.8) is 0 Å². The van der Waals surface area contributed by atoms with Crippen molar-refractivity contribution in [2.75, 3.05) is 13.2 Å². The second-order valence-electron chi connectivity index (χ2n) is 3.57. The van der Waals surface area contributed by atoms with Crippen molar-refractivity contribution in [2.24, 2.45) is 0 Å². The summed E-state index contributed by atoms with van der Waals surface area (Å²) in [4.78, 5) is 0. The summed E-state index contributed by atoms with van der Waals surface area (Å²) in [6.45, 7) is 5.05. The maximum atomic E-state index is 8.29. The monoisotopic (exact) mass is 412 g/mol. The van der Waals surface area contributed by atoms with E-state index in [0.717, 1.165) is 12.8 Å². The van der Waals surface area contributed by atoms with Gasteiger partial charge in [-0.05, 0) is 12.8 Å². The van der Waals surface area contributed by atoms with Gasteiger partial charge in [-0.1, -0.05) is 52.4 Å². The average Bonchev–Trinajstić information content (AvgIpc) is 2.21. The number of rotatable bonds is 8. The first kappa shape index (κ1) is 31.1. The van der Waals surface area contributed by atoms with E-state index in [1.54, 1.807) is 0 Å². The number of unbranched alkanes of at least 4 members (excludes halogenated alkanes) is 6. The van der Waals surface area contributed by atoms with Gasteiger partial charge >= 0.3 is 0 Å². The third kappa shape index (κ3) is 46.5. The Balaban J connectivity index is -0.0000000480. The van der Waals surface area contributed by atoms with Gasteiger partial charge in [0, 0.05) is 34.9 Å². The molecule has 0 saturated heterocycles. The first-order valence-corrected chi connectivity index (χ1v) is 6.05. The second-order valence-corrected chi connectivity index (χ2v) is 3.57. The Labute approximate surface area is 143 Å². The van der Waals surface area contributed by atoms with Crippen LogP contribution < -0.4 is 0 Å². The largest absolute Gasteiger partial charge is 0.396 e. The number of aliphatic hydroxyl groups excluding tert-OH is 2. The van der Waals surface area contributed by atoms with Crippen LogP contribution in [0.2, 0.25) is 0 Å². The van der Waals surface area contributed by atoms with Gasteiger partial charge in [0.05, 0.1) is 0 Å². The molecule has 0 aromatic heterocycles. The fraction of sp³-hybridized carbons (Fsp3) is 1.00. The van der Waals surface area contributed by atoms with Crippen LogP contribution in [0.25, 0.3) is 0 Å². The molecule has 0 heterocycles. The zero-order valence-corrected chi connectivity index (χ0v) is 16.3. The number of aliphatic hydroxyl groups is 2. The molecule has 108 valence electrons. The molecule has 0 aliphatic rings. The summed E-state index contributed by atoms with van der Waals surface area (Å²) in [5.74, 6) is 0. The van der Waals surface area contributed by atoms with Crippen molar-refractivity contribution < 1.29 is 31.9 Å². The SMILES string of the molecule is Br.Br.CCCCCCO.CCCCCCO.[Ti]. The molecule has 0 radical (unpaired) electrons. The van der Waals surface area contributed by atoms with E-state index < -0.39 is 0 Å². The van der Waals surface area contributed by atoms with Crippen molar-refractivity contribution in [3.8, 4) is 0 Å². The molecule has 0 aliphatic heterocycles. The molecular weight excluding hydrogens is 384 g/mol. The van der Waals surface area contributed by atoms with Crippen molar-refractivity contribution in [2.45, 2.75) is 65.2 Å². The van der Waals surface area contributed by atoms with E-state index in [0.29, 0.717) is 13.2 Å². The molecule has 2 N–H and O–H groups in total. The van der Waals surface area contributed by atoms with E-state index >= 15 is 0 Å². The Morgan fingerprint density at radius 2 is 0.882 bits per heavy atom. The summed E-state index contributed by atoms with van der Waals surface area (Å²) < 4.78 is 0. The maximum Gasteiger partial charge on any atom is 0.0431 e. The molecule has 0 amide bonds. The minimum atomic E-state index is 0. The molecule has 0 spiro atoms. The van der Waals surface area contributed by atoms with Gasteiger partial charge in [-0.2, -0.15) is 0 Å². The molecular formula is C12H30Br2O2Ti. The summed E-state index contributed by atoms with van der Waals surface area (Å²) in [6.07, 6.45) is 9.36. The van der Waals surface area contributed by atoms with Gasteiger partial charge in [0.1, 0.15) is 0 Å². The molecule has 0 bridgehead atoms. The average molecular weight is 414 g/mol. The predicted octanol–water partition coefficient (Wildman–Crippen LogP) is 4.27. The summed E-state index contributed by atoms with van der Waals surface area (Å²) >= 11 is 0. The minimum absolute atomic E-state index is 0.